The number of unbranched alkanes of at least 4 members (excludes halogenated alkanes) is 1. The molecule has 0 spiro atoms. The largest absolute Gasteiger partial charge is 0.337 e. The van der Waals surface area contributed by atoms with Crippen LogP contribution in [0.5, 0.6) is 0 Å². The molecule has 0 atom stereocenters. The van der Waals surface area contributed by atoms with Crippen molar-refractivity contribution in [2.24, 2.45) is 5.41 Å². The van der Waals surface area contributed by atoms with E-state index in [-0.39, 0.29) is 21.1 Å². The molecule has 1 heterocycles. The van der Waals surface area contributed by atoms with Crippen LogP contribution < -0.4 is 0 Å². The summed E-state index contributed by atoms with van der Waals surface area (Å²) in [6.45, 7) is 11.6. The summed E-state index contributed by atoms with van der Waals surface area (Å²) in [5.41, 5.74) is 1.42. The third-order valence-electron chi connectivity index (χ3n) is 2.41. The molecule has 1 rings (SSSR count). The molecule has 0 aliphatic heterocycles. The minimum Gasteiger partial charge on any atom is -0.337 e. The van der Waals surface area contributed by atoms with Gasteiger partial charge in [-0.2, -0.15) is 0 Å². The van der Waals surface area contributed by atoms with E-state index in [1.807, 2.05) is 10.9 Å². The molecule has 0 aliphatic rings. The van der Waals surface area contributed by atoms with Gasteiger partial charge in [0.05, 0.1) is 5.69 Å². The van der Waals surface area contributed by atoms with E-state index in [0.29, 0.717) is 5.41 Å². The number of nitrogens with zero attached hydrogens (tertiary/aromatic N) is 3. The fraction of sp³-hybridized carbons (Fsp3) is 0.750. The van der Waals surface area contributed by atoms with Gasteiger partial charge >= 0.3 is 0 Å². The van der Waals surface area contributed by atoms with E-state index in [0.717, 1.165) is 18.7 Å². The summed E-state index contributed by atoms with van der Waals surface area (Å²) in [5.74, 6) is 0. The molecule has 92 valence electrons. The van der Waals surface area contributed by atoms with Crippen molar-refractivity contribution in [3.05, 3.63) is 18.8 Å². The van der Waals surface area contributed by atoms with Crippen LogP contribution in [0.25, 0.3) is 0 Å². The smallest absolute Gasteiger partial charge is 0.0530 e. The van der Waals surface area contributed by atoms with E-state index in [2.05, 4.69) is 38.0 Å². The molecule has 0 aliphatic carbocycles. The summed E-state index contributed by atoms with van der Waals surface area (Å²) in [6.07, 6.45) is 6.41. The second-order valence-corrected chi connectivity index (χ2v) is 5.24. The van der Waals surface area contributed by atoms with Crippen molar-refractivity contribution in [3.63, 3.8) is 0 Å². The Balaban J connectivity index is 0.00000225. The maximum Gasteiger partial charge on any atom is 0.0530 e. The second kappa shape index (κ2) is 7.21. The predicted molar refractivity (Wildman–Crippen MR) is 62.4 cm³/mol. The number of rotatable bonds is 5. The zero-order valence-corrected chi connectivity index (χ0v) is 13.5. The standard InChI is InChI=1S/C12H22N3.W/c1-5-11-10-15(14-13-11)9-7-6-8-12(2,3)4;/h10H,1,5-9H2,2-4H3;/q-1;. The zero-order chi connectivity index (χ0) is 11.3. The normalized spacial score (nSPS) is 11.2. The molecule has 3 nitrogen and oxygen atoms in total. The fourth-order valence-electron chi connectivity index (χ4n) is 1.49. The number of aryl methyl sites for hydroxylation is 1. The quantitative estimate of drug-likeness (QED) is 0.570. The van der Waals surface area contributed by atoms with Crippen molar-refractivity contribution in [1.29, 1.82) is 0 Å². The summed E-state index contributed by atoms with van der Waals surface area (Å²) >= 11 is 0. The first-order chi connectivity index (χ1) is 7.01. The van der Waals surface area contributed by atoms with Gasteiger partial charge in [-0.1, -0.05) is 32.4 Å². The third-order valence-corrected chi connectivity index (χ3v) is 2.41. The van der Waals surface area contributed by atoms with Gasteiger partial charge in [0.2, 0.25) is 0 Å². The van der Waals surface area contributed by atoms with Crippen LogP contribution in [0.3, 0.4) is 0 Å². The third kappa shape index (κ3) is 6.42. The van der Waals surface area contributed by atoms with Gasteiger partial charge in [0.1, 0.15) is 0 Å². The van der Waals surface area contributed by atoms with Gasteiger partial charge in [0, 0.05) is 33.8 Å². The van der Waals surface area contributed by atoms with Gasteiger partial charge in [-0.05, 0) is 18.3 Å². The van der Waals surface area contributed by atoms with E-state index in [9.17, 15) is 0 Å². The Morgan fingerprint density at radius 2 is 2.00 bits per heavy atom. The molecule has 16 heavy (non-hydrogen) atoms. The van der Waals surface area contributed by atoms with Crippen molar-refractivity contribution in [1.82, 2.24) is 15.0 Å². The SMILES string of the molecule is [CH2-]Cc1cn(CCCCC(C)(C)C)nn1.[W]. The van der Waals surface area contributed by atoms with Crippen molar-refractivity contribution < 1.29 is 21.1 Å². The van der Waals surface area contributed by atoms with Crippen LogP contribution >= 0.6 is 0 Å². The van der Waals surface area contributed by atoms with Crippen LogP contribution in [-0.2, 0) is 34.0 Å². The van der Waals surface area contributed by atoms with Gasteiger partial charge in [-0.15, -0.1) is 11.5 Å². The minimum absolute atomic E-state index is 0. The Bertz CT molecular complexity index is 289. The molecule has 4 heteroatoms. The van der Waals surface area contributed by atoms with Crippen molar-refractivity contribution >= 4 is 0 Å². The Kier molecular flexibility index (Phi) is 7.13. The molecule has 0 fully saturated rings. The van der Waals surface area contributed by atoms with Crippen molar-refractivity contribution in [3.8, 4) is 0 Å². The first-order valence-electron chi connectivity index (χ1n) is 5.69. The Morgan fingerprint density at radius 3 is 2.50 bits per heavy atom. The van der Waals surface area contributed by atoms with Crippen LogP contribution in [0.4, 0.5) is 0 Å². The number of hydrogen-bond acceptors (Lipinski definition) is 2. The van der Waals surface area contributed by atoms with Crippen LogP contribution in [0, 0.1) is 12.3 Å². The molecular weight excluding hydrogens is 370 g/mol. The van der Waals surface area contributed by atoms with E-state index in [1.54, 1.807) is 0 Å². The van der Waals surface area contributed by atoms with E-state index in [1.165, 1.54) is 19.3 Å². The summed E-state index contributed by atoms with van der Waals surface area (Å²) in [7, 11) is 0. The predicted octanol–water partition coefficient (Wildman–Crippen LogP) is 2.87. The van der Waals surface area contributed by atoms with E-state index in [4.69, 9.17) is 0 Å². The fourth-order valence-corrected chi connectivity index (χ4v) is 1.49. The second-order valence-electron chi connectivity index (χ2n) is 5.24. The average molecular weight is 392 g/mol. The maximum atomic E-state index is 4.05. The molecule has 1 aromatic heterocycles. The minimum atomic E-state index is 0. The molecule has 0 bridgehead atoms. The molecule has 0 aromatic carbocycles. The van der Waals surface area contributed by atoms with Crippen molar-refractivity contribution in [2.45, 2.75) is 53.0 Å². The van der Waals surface area contributed by atoms with Crippen LogP contribution in [0.2, 0.25) is 0 Å². The molecule has 0 saturated carbocycles. The Labute approximate surface area is 113 Å². The molecule has 0 N–H and O–H groups in total. The molecule has 1 aromatic rings. The average Bonchev–Trinajstić information content (AvgIpc) is 2.59. The van der Waals surface area contributed by atoms with Crippen molar-refractivity contribution in [2.75, 3.05) is 0 Å². The number of hydrogen-bond donors (Lipinski definition) is 0. The van der Waals surface area contributed by atoms with Gasteiger partial charge in [0.25, 0.3) is 0 Å². The first kappa shape index (κ1) is 15.8. The maximum absolute atomic E-state index is 4.05. The van der Waals surface area contributed by atoms with Gasteiger partial charge in [0.15, 0.2) is 0 Å². The summed E-state index contributed by atoms with van der Waals surface area (Å²) in [5, 5.41) is 8.06. The summed E-state index contributed by atoms with van der Waals surface area (Å²) in [6, 6.07) is 0. The van der Waals surface area contributed by atoms with Gasteiger partial charge in [-0.3, -0.25) is 4.68 Å². The zero-order valence-electron chi connectivity index (χ0n) is 10.6. The molecule has 0 radical (unpaired) electrons. The summed E-state index contributed by atoms with van der Waals surface area (Å²) < 4.78 is 1.92. The van der Waals surface area contributed by atoms with Crippen LogP contribution in [0.15, 0.2) is 6.20 Å². The van der Waals surface area contributed by atoms with Crippen LogP contribution in [0.1, 0.15) is 45.7 Å². The summed E-state index contributed by atoms with van der Waals surface area (Å²) in [4.78, 5) is 0. The van der Waals surface area contributed by atoms with Crippen LogP contribution in [-0.4, -0.2) is 15.0 Å². The molecule has 0 unspecified atom stereocenters. The van der Waals surface area contributed by atoms with Gasteiger partial charge < -0.3 is 6.92 Å². The molecule has 0 saturated heterocycles. The molecule has 0 amide bonds. The Morgan fingerprint density at radius 1 is 1.31 bits per heavy atom. The first-order valence-corrected chi connectivity index (χ1v) is 5.69. The molecular formula is C12H22N3W-. The Hall–Kier alpha value is -0.172. The monoisotopic (exact) mass is 392 g/mol. The number of aromatic nitrogens is 3. The van der Waals surface area contributed by atoms with E-state index >= 15 is 0 Å². The topological polar surface area (TPSA) is 30.7 Å². The van der Waals surface area contributed by atoms with E-state index < -0.39 is 0 Å². The van der Waals surface area contributed by atoms with Gasteiger partial charge in [-0.25, -0.2) is 0 Å².